The number of hydrogen-bond donors (Lipinski definition) is 0. The molecule has 0 fully saturated rings. The van der Waals surface area contributed by atoms with Gasteiger partial charge in [0.25, 0.3) is 0 Å². The first-order chi connectivity index (χ1) is 13.9. The molecule has 2 heteroatoms. The highest BCUT2D eigenvalue weighted by Gasteiger charge is 2.21. The van der Waals surface area contributed by atoms with Gasteiger partial charge < -0.3 is 4.90 Å². The Kier molecular flexibility index (Phi) is 4.23. The summed E-state index contributed by atoms with van der Waals surface area (Å²) in [6, 6.07) is 36.0. The van der Waals surface area contributed by atoms with Crippen LogP contribution in [0.15, 0.2) is 114 Å². The molecule has 0 spiro atoms. The van der Waals surface area contributed by atoms with Gasteiger partial charge in [0.05, 0.1) is 24.2 Å². The topological polar surface area (TPSA) is 15.6 Å². The van der Waals surface area contributed by atoms with Crippen LogP contribution in [0.3, 0.4) is 0 Å². The molecule has 0 N–H and O–H groups in total. The van der Waals surface area contributed by atoms with E-state index in [9.17, 15) is 0 Å². The van der Waals surface area contributed by atoms with Gasteiger partial charge in [-0.05, 0) is 28.5 Å². The third-order valence-corrected chi connectivity index (χ3v) is 5.18. The van der Waals surface area contributed by atoms with E-state index in [1.54, 1.807) is 0 Å². The zero-order chi connectivity index (χ0) is 18.8. The van der Waals surface area contributed by atoms with Crippen molar-refractivity contribution in [3.8, 4) is 0 Å². The van der Waals surface area contributed by atoms with Crippen LogP contribution in [0.5, 0.6) is 0 Å². The first-order valence-electron chi connectivity index (χ1n) is 9.53. The molecule has 2 nitrogen and oxygen atoms in total. The van der Waals surface area contributed by atoms with Gasteiger partial charge in [0.15, 0.2) is 0 Å². The van der Waals surface area contributed by atoms with Gasteiger partial charge in [-0.2, -0.15) is 0 Å². The van der Waals surface area contributed by atoms with Gasteiger partial charge in [-0.15, -0.1) is 0 Å². The van der Waals surface area contributed by atoms with Gasteiger partial charge in [-0.3, -0.25) is 4.99 Å². The molecule has 28 heavy (non-hydrogen) atoms. The van der Waals surface area contributed by atoms with Crippen LogP contribution in [-0.2, 0) is 0 Å². The van der Waals surface area contributed by atoms with Crippen LogP contribution in [0.1, 0.15) is 11.1 Å². The highest BCUT2D eigenvalue weighted by molar-refractivity contribution is 6.15. The molecule has 1 aliphatic heterocycles. The largest absolute Gasteiger partial charge is 0.334 e. The number of benzene rings is 4. The molecule has 0 unspecified atom stereocenters. The van der Waals surface area contributed by atoms with Crippen molar-refractivity contribution in [2.75, 3.05) is 11.4 Å². The summed E-state index contributed by atoms with van der Waals surface area (Å²) in [6.45, 7) is 0.735. The minimum atomic E-state index is 0.735. The zero-order valence-electron chi connectivity index (χ0n) is 15.5. The molecular weight excluding hydrogens is 340 g/mol. The first kappa shape index (κ1) is 16.5. The number of nitrogens with zero attached hydrogens (tertiary/aromatic N) is 2. The highest BCUT2D eigenvalue weighted by atomic mass is 15.2. The lowest BCUT2D eigenvalue weighted by Gasteiger charge is -2.31. The minimum Gasteiger partial charge on any atom is -0.334 e. The molecule has 0 bridgehead atoms. The van der Waals surface area contributed by atoms with Crippen molar-refractivity contribution in [1.82, 2.24) is 0 Å². The highest BCUT2D eigenvalue weighted by Crippen LogP contribution is 2.30. The van der Waals surface area contributed by atoms with E-state index in [2.05, 4.69) is 102 Å². The Bertz CT molecular complexity index is 1170. The van der Waals surface area contributed by atoms with E-state index in [-0.39, 0.29) is 0 Å². The Morgan fingerprint density at radius 2 is 1.32 bits per heavy atom. The Morgan fingerprint density at radius 1 is 0.643 bits per heavy atom. The lowest BCUT2D eigenvalue weighted by Crippen LogP contribution is -2.31. The van der Waals surface area contributed by atoms with Crippen LogP contribution in [0.4, 0.5) is 5.69 Å². The lowest BCUT2D eigenvalue weighted by atomic mass is 9.99. The number of fused-ring (bicyclic) bond motifs is 1. The van der Waals surface area contributed by atoms with Crippen LogP contribution in [-0.4, -0.2) is 12.3 Å². The summed E-state index contributed by atoms with van der Waals surface area (Å²) in [5.74, 6) is 0. The van der Waals surface area contributed by atoms with Crippen molar-refractivity contribution >= 4 is 27.9 Å². The van der Waals surface area contributed by atoms with E-state index in [0.29, 0.717) is 0 Å². The number of aliphatic imine (C=N–C) groups is 1. The molecule has 4 aromatic carbocycles. The number of hydrogen-bond acceptors (Lipinski definition) is 2. The van der Waals surface area contributed by atoms with Gasteiger partial charge in [-0.25, -0.2) is 0 Å². The molecule has 0 aromatic heterocycles. The monoisotopic (exact) mass is 360 g/mol. The summed E-state index contributed by atoms with van der Waals surface area (Å²) < 4.78 is 0. The average Bonchev–Trinajstić information content (AvgIpc) is 2.79. The van der Waals surface area contributed by atoms with Gasteiger partial charge in [0.2, 0.25) is 0 Å². The molecule has 0 saturated heterocycles. The lowest BCUT2D eigenvalue weighted by molar-refractivity contribution is 1.10. The molecule has 5 rings (SSSR count). The summed E-state index contributed by atoms with van der Waals surface area (Å²) in [6.07, 6.45) is 2.00. The van der Waals surface area contributed by atoms with Crippen molar-refractivity contribution in [3.63, 3.8) is 0 Å². The van der Waals surface area contributed by atoms with E-state index < -0.39 is 0 Å². The zero-order valence-corrected chi connectivity index (χ0v) is 15.5. The molecule has 134 valence electrons. The second-order valence-electron chi connectivity index (χ2n) is 6.90. The third-order valence-electron chi connectivity index (χ3n) is 5.18. The molecule has 0 radical (unpaired) electrons. The van der Waals surface area contributed by atoms with Crippen LogP contribution < -0.4 is 4.90 Å². The standard InChI is InChI=1S/C26H20N2/c1-3-11-21(12-4-1)26-18-27-25(19-28(26)22-14-5-2-6-15-22)24-17-9-13-20-10-7-8-16-23(20)24/h1-18H,19H2. The van der Waals surface area contributed by atoms with Crippen molar-refractivity contribution in [2.24, 2.45) is 4.99 Å². The maximum absolute atomic E-state index is 4.90. The van der Waals surface area contributed by atoms with Gasteiger partial charge in [-0.1, -0.05) is 91.0 Å². The van der Waals surface area contributed by atoms with Crippen molar-refractivity contribution in [3.05, 3.63) is 120 Å². The van der Waals surface area contributed by atoms with Crippen LogP contribution in [0.25, 0.3) is 16.5 Å². The molecule has 1 aliphatic rings. The van der Waals surface area contributed by atoms with E-state index in [1.165, 1.54) is 27.6 Å². The Morgan fingerprint density at radius 3 is 2.14 bits per heavy atom. The minimum absolute atomic E-state index is 0.735. The molecule has 0 saturated carbocycles. The van der Waals surface area contributed by atoms with Crippen LogP contribution in [0.2, 0.25) is 0 Å². The molecule has 4 aromatic rings. The van der Waals surface area contributed by atoms with E-state index in [0.717, 1.165) is 18.0 Å². The second-order valence-corrected chi connectivity index (χ2v) is 6.90. The van der Waals surface area contributed by atoms with Crippen LogP contribution >= 0.6 is 0 Å². The second kappa shape index (κ2) is 7.16. The van der Waals surface area contributed by atoms with Crippen molar-refractivity contribution < 1.29 is 0 Å². The fourth-order valence-electron chi connectivity index (χ4n) is 3.79. The van der Waals surface area contributed by atoms with Gasteiger partial charge >= 0.3 is 0 Å². The van der Waals surface area contributed by atoms with Crippen molar-refractivity contribution in [1.29, 1.82) is 0 Å². The normalized spacial score (nSPS) is 13.9. The predicted molar refractivity (Wildman–Crippen MR) is 119 cm³/mol. The summed E-state index contributed by atoms with van der Waals surface area (Å²) in [7, 11) is 0. The fraction of sp³-hybridized carbons (Fsp3) is 0.0385. The molecule has 0 aliphatic carbocycles. The molecular formula is C26H20N2. The summed E-state index contributed by atoms with van der Waals surface area (Å²) in [4.78, 5) is 7.24. The summed E-state index contributed by atoms with van der Waals surface area (Å²) >= 11 is 0. The van der Waals surface area contributed by atoms with E-state index in [4.69, 9.17) is 4.99 Å². The quantitative estimate of drug-likeness (QED) is 0.428. The average molecular weight is 360 g/mol. The van der Waals surface area contributed by atoms with Gasteiger partial charge in [0, 0.05) is 11.3 Å². The number of rotatable bonds is 3. The van der Waals surface area contributed by atoms with Crippen LogP contribution in [0, 0.1) is 0 Å². The SMILES string of the molecule is C1=C(c2ccccc2)N(c2ccccc2)CC(c2cccc3ccccc23)=N1. The molecule has 0 amide bonds. The van der Waals surface area contributed by atoms with E-state index >= 15 is 0 Å². The first-order valence-corrected chi connectivity index (χ1v) is 9.53. The molecule has 1 heterocycles. The fourth-order valence-corrected chi connectivity index (χ4v) is 3.79. The number of anilines is 1. The van der Waals surface area contributed by atoms with E-state index in [1.807, 2.05) is 12.3 Å². The summed E-state index contributed by atoms with van der Waals surface area (Å²) in [5.41, 5.74) is 5.75. The van der Waals surface area contributed by atoms with Gasteiger partial charge in [0.1, 0.15) is 0 Å². The predicted octanol–water partition coefficient (Wildman–Crippen LogP) is 6.15. The van der Waals surface area contributed by atoms with Crippen molar-refractivity contribution in [2.45, 2.75) is 0 Å². The Hall–Kier alpha value is -3.65. The Labute approximate surface area is 165 Å². The molecule has 0 atom stereocenters. The number of para-hydroxylation sites is 1. The Balaban J connectivity index is 1.65. The summed E-state index contributed by atoms with van der Waals surface area (Å²) in [5, 5.41) is 2.49. The third kappa shape index (κ3) is 2.99. The maximum Gasteiger partial charge on any atom is 0.0680 e. The smallest absolute Gasteiger partial charge is 0.0680 e. The maximum atomic E-state index is 4.90.